The molecule has 0 bridgehead atoms. The zero-order valence-electron chi connectivity index (χ0n) is 16.2. The predicted molar refractivity (Wildman–Crippen MR) is 98.4 cm³/mol. The van der Waals surface area contributed by atoms with E-state index in [4.69, 9.17) is 19.9 Å². The van der Waals surface area contributed by atoms with Crippen LogP contribution in [0.5, 0.6) is 11.5 Å². The van der Waals surface area contributed by atoms with Crippen molar-refractivity contribution in [3.05, 3.63) is 23.8 Å². The molecule has 4 N–H and O–H groups in total. The minimum Gasteiger partial charge on any atom is -0.504 e. The van der Waals surface area contributed by atoms with Gasteiger partial charge in [0.15, 0.2) is 11.5 Å². The summed E-state index contributed by atoms with van der Waals surface area (Å²) in [7, 11) is 0. The van der Waals surface area contributed by atoms with Crippen molar-refractivity contribution in [1.29, 1.82) is 0 Å². The van der Waals surface area contributed by atoms with Crippen LogP contribution in [0, 0.1) is 0 Å². The average Bonchev–Trinajstić information content (AvgIpc) is 2.57. The van der Waals surface area contributed by atoms with Crippen molar-refractivity contribution in [2.75, 3.05) is 0 Å². The van der Waals surface area contributed by atoms with Crippen LogP contribution in [0.4, 0.5) is 4.79 Å². The first kappa shape index (κ1) is 22.6. The summed E-state index contributed by atoms with van der Waals surface area (Å²) in [6, 6.07) is 3.21. The second-order valence-electron chi connectivity index (χ2n) is 6.57. The maximum atomic E-state index is 12.1. The first-order valence-electron chi connectivity index (χ1n) is 8.98. The molecule has 1 aromatic rings. The fourth-order valence-electron chi connectivity index (χ4n) is 2.30. The van der Waals surface area contributed by atoms with E-state index in [1.54, 1.807) is 26.8 Å². The highest BCUT2D eigenvalue weighted by Crippen LogP contribution is 2.25. The molecule has 0 aliphatic heterocycles. The van der Waals surface area contributed by atoms with Gasteiger partial charge in [-0.1, -0.05) is 19.4 Å². The molecule has 27 heavy (non-hydrogen) atoms. The summed E-state index contributed by atoms with van der Waals surface area (Å²) >= 11 is 0. The molecule has 8 heteroatoms. The van der Waals surface area contributed by atoms with Gasteiger partial charge in [-0.15, -0.1) is 0 Å². The highest BCUT2D eigenvalue weighted by atomic mass is 16.7. The largest absolute Gasteiger partial charge is 0.508 e. The third kappa shape index (κ3) is 7.74. The summed E-state index contributed by atoms with van der Waals surface area (Å²) in [5.41, 5.74) is 6.40. The van der Waals surface area contributed by atoms with Gasteiger partial charge in [0.05, 0.1) is 0 Å². The van der Waals surface area contributed by atoms with E-state index in [0.29, 0.717) is 5.56 Å². The molecule has 4 atom stereocenters. The Morgan fingerprint density at radius 2 is 1.67 bits per heavy atom. The normalized spacial score (nSPS) is 15.3. The molecule has 152 valence electrons. The molecular formula is C19H29NO7. The molecule has 0 aliphatic carbocycles. The van der Waals surface area contributed by atoms with Gasteiger partial charge in [0.25, 0.3) is 0 Å². The Morgan fingerprint density at radius 3 is 2.26 bits per heavy atom. The number of rotatable bonds is 9. The highest BCUT2D eigenvalue weighted by molar-refractivity contribution is 5.76. The molecule has 0 aliphatic rings. The lowest BCUT2D eigenvalue weighted by atomic mass is 10.1. The molecular weight excluding hydrogens is 354 g/mol. The van der Waals surface area contributed by atoms with Gasteiger partial charge in [-0.05, 0) is 51.3 Å². The highest BCUT2D eigenvalue weighted by Gasteiger charge is 2.25. The van der Waals surface area contributed by atoms with Crippen molar-refractivity contribution in [3.8, 4) is 11.5 Å². The summed E-state index contributed by atoms with van der Waals surface area (Å²) in [6.07, 6.45) is -0.751. The molecule has 0 aromatic heterocycles. The quantitative estimate of drug-likeness (QED) is 0.438. The van der Waals surface area contributed by atoms with E-state index in [1.165, 1.54) is 12.1 Å². The van der Waals surface area contributed by atoms with Gasteiger partial charge in [-0.25, -0.2) is 4.79 Å². The van der Waals surface area contributed by atoms with E-state index in [9.17, 15) is 19.8 Å². The van der Waals surface area contributed by atoms with E-state index < -0.39 is 30.4 Å². The molecule has 0 radical (unpaired) electrons. The minimum atomic E-state index is -0.972. The number of benzene rings is 1. The Kier molecular flexibility index (Phi) is 8.87. The van der Waals surface area contributed by atoms with Gasteiger partial charge < -0.3 is 30.2 Å². The maximum absolute atomic E-state index is 12.1. The lowest BCUT2D eigenvalue weighted by Gasteiger charge is -2.23. The van der Waals surface area contributed by atoms with Crippen molar-refractivity contribution in [3.63, 3.8) is 0 Å². The van der Waals surface area contributed by atoms with Crippen LogP contribution in [-0.2, 0) is 25.4 Å². The standard InChI is InChI=1S/C19H29NO7/c1-5-6-11(2)25-19(24)27-13(4)12(3)26-18(23)15(20)9-14-7-8-16(21)17(22)10-14/h7-8,10-13,15,21-22H,5-6,9,20H2,1-4H3/t11?,12-,13-,15-/m0/s1. The fraction of sp³-hybridized carbons (Fsp3) is 0.579. The summed E-state index contributed by atoms with van der Waals surface area (Å²) in [5, 5.41) is 18.8. The van der Waals surface area contributed by atoms with Crippen molar-refractivity contribution < 1.29 is 34.0 Å². The molecule has 8 nitrogen and oxygen atoms in total. The Hall–Kier alpha value is -2.48. The first-order valence-corrected chi connectivity index (χ1v) is 8.98. The van der Waals surface area contributed by atoms with Crippen molar-refractivity contribution in [2.45, 2.75) is 71.3 Å². The summed E-state index contributed by atoms with van der Waals surface area (Å²) in [4.78, 5) is 23.8. The number of ether oxygens (including phenoxy) is 3. The number of carbonyl (C=O) groups excluding carboxylic acids is 2. The number of carbonyl (C=O) groups is 2. The van der Waals surface area contributed by atoms with Crippen LogP contribution in [0.2, 0.25) is 0 Å². The lowest BCUT2D eigenvalue weighted by molar-refractivity contribution is -0.155. The van der Waals surface area contributed by atoms with Crippen LogP contribution in [0.3, 0.4) is 0 Å². The number of nitrogens with two attached hydrogens (primary N) is 1. The van der Waals surface area contributed by atoms with Crippen LogP contribution in [0.1, 0.15) is 46.1 Å². The average molecular weight is 383 g/mol. The van der Waals surface area contributed by atoms with Crippen molar-refractivity contribution in [1.82, 2.24) is 0 Å². The van der Waals surface area contributed by atoms with Gasteiger partial charge in [0.2, 0.25) is 0 Å². The number of phenols is 2. The topological polar surface area (TPSA) is 128 Å². The molecule has 0 saturated carbocycles. The molecule has 1 rings (SSSR count). The fourth-order valence-corrected chi connectivity index (χ4v) is 2.30. The summed E-state index contributed by atoms with van der Waals surface area (Å²) in [5.74, 6) is -1.22. The summed E-state index contributed by atoms with van der Waals surface area (Å²) < 4.78 is 15.5. The van der Waals surface area contributed by atoms with E-state index in [1.807, 2.05) is 6.92 Å². The van der Waals surface area contributed by atoms with E-state index in [2.05, 4.69) is 0 Å². The molecule has 0 heterocycles. The van der Waals surface area contributed by atoms with Crippen LogP contribution in [0.15, 0.2) is 18.2 Å². The van der Waals surface area contributed by atoms with E-state index in [-0.39, 0.29) is 24.0 Å². The molecule has 0 saturated heterocycles. The second-order valence-corrected chi connectivity index (χ2v) is 6.57. The third-order valence-electron chi connectivity index (χ3n) is 4.04. The van der Waals surface area contributed by atoms with Crippen LogP contribution >= 0.6 is 0 Å². The number of hydrogen-bond donors (Lipinski definition) is 3. The zero-order chi connectivity index (χ0) is 20.6. The first-order chi connectivity index (χ1) is 12.6. The van der Waals surface area contributed by atoms with Gasteiger partial charge >= 0.3 is 12.1 Å². The SMILES string of the molecule is CCCC(C)OC(=O)O[C@@H](C)[C@H](C)OC(=O)[C@@H](N)Cc1ccc(O)c(O)c1. The monoisotopic (exact) mass is 383 g/mol. The molecule has 0 spiro atoms. The third-order valence-corrected chi connectivity index (χ3v) is 4.04. The van der Waals surface area contributed by atoms with Crippen molar-refractivity contribution in [2.24, 2.45) is 5.73 Å². The Bertz CT molecular complexity index is 634. The van der Waals surface area contributed by atoms with Gasteiger partial charge in [0.1, 0.15) is 24.4 Å². The minimum absolute atomic E-state index is 0.116. The van der Waals surface area contributed by atoms with E-state index >= 15 is 0 Å². The number of aromatic hydroxyl groups is 2. The number of hydrogen-bond acceptors (Lipinski definition) is 8. The van der Waals surface area contributed by atoms with E-state index in [0.717, 1.165) is 12.8 Å². The maximum Gasteiger partial charge on any atom is 0.508 e. The van der Waals surface area contributed by atoms with Gasteiger partial charge in [-0.2, -0.15) is 0 Å². The zero-order valence-corrected chi connectivity index (χ0v) is 16.2. The van der Waals surface area contributed by atoms with Crippen LogP contribution < -0.4 is 5.73 Å². The predicted octanol–water partition coefficient (Wildman–Crippen LogP) is 2.63. The summed E-state index contributed by atoms with van der Waals surface area (Å²) in [6.45, 7) is 6.94. The van der Waals surface area contributed by atoms with Crippen LogP contribution in [0.25, 0.3) is 0 Å². The lowest BCUT2D eigenvalue weighted by Crippen LogP contribution is -2.39. The molecule has 0 fully saturated rings. The van der Waals surface area contributed by atoms with Crippen molar-refractivity contribution >= 4 is 12.1 Å². The van der Waals surface area contributed by atoms with Crippen LogP contribution in [-0.4, -0.2) is 46.7 Å². The van der Waals surface area contributed by atoms with Gasteiger partial charge in [0, 0.05) is 0 Å². The molecule has 1 unspecified atom stereocenters. The second kappa shape index (κ2) is 10.6. The number of phenolic OH excluding ortho intramolecular Hbond substituents is 2. The number of esters is 1. The Balaban J connectivity index is 2.49. The smallest absolute Gasteiger partial charge is 0.504 e. The molecule has 1 aromatic carbocycles. The van der Waals surface area contributed by atoms with Gasteiger partial charge in [-0.3, -0.25) is 4.79 Å². The Labute approximate surface area is 159 Å². The Morgan fingerprint density at radius 1 is 1.04 bits per heavy atom. The molecule has 0 amide bonds.